The monoisotopic (exact) mass is 368 g/mol. The molecule has 27 heavy (non-hydrogen) atoms. The van der Waals surface area contributed by atoms with Gasteiger partial charge in [-0.1, -0.05) is 5.16 Å². The van der Waals surface area contributed by atoms with Crippen molar-refractivity contribution in [3.63, 3.8) is 0 Å². The summed E-state index contributed by atoms with van der Waals surface area (Å²) in [6.07, 6.45) is 6.40. The van der Waals surface area contributed by atoms with E-state index in [1.165, 1.54) is 26.4 Å². The minimum atomic E-state index is 0.759. The van der Waals surface area contributed by atoms with E-state index in [4.69, 9.17) is 4.74 Å². The first-order valence-electron chi connectivity index (χ1n) is 9.59. The van der Waals surface area contributed by atoms with Crippen molar-refractivity contribution in [2.75, 3.05) is 31.7 Å². The SMILES string of the molecule is CON=Cc1ccc(OCCCC2CCN(c3ccc(C)nn3)CC2)cc1. The third-order valence-corrected chi connectivity index (χ3v) is 4.94. The van der Waals surface area contributed by atoms with Crippen LogP contribution in [0.2, 0.25) is 0 Å². The van der Waals surface area contributed by atoms with Gasteiger partial charge in [0, 0.05) is 13.1 Å². The summed E-state index contributed by atoms with van der Waals surface area (Å²) in [6, 6.07) is 12.0. The van der Waals surface area contributed by atoms with E-state index in [-0.39, 0.29) is 0 Å². The topological polar surface area (TPSA) is 59.8 Å². The van der Waals surface area contributed by atoms with Gasteiger partial charge < -0.3 is 14.5 Å². The van der Waals surface area contributed by atoms with Gasteiger partial charge in [-0.3, -0.25) is 0 Å². The molecule has 6 nitrogen and oxygen atoms in total. The number of aromatic nitrogens is 2. The van der Waals surface area contributed by atoms with Crippen molar-refractivity contribution < 1.29 is 9.57 Å². The molecule has 2 heterocycles. The summed E-state index contributed by atoms with van der Waals surface area (Å²) < 4.78 is 5.85. The van der Waals surface area contributed by atoms with E-state index >= 15 is 0 Å². The van der Waals surface area contributed by atoms with E-state index in [0.717, 1.165) is 54.9 Å². The van der Waals surface area contributed by atoms with E-state index in [9.17, 15) is 0 Å². The first-order valence-corrected chi connectivity index (χ1v) is 9.59. The zero-order valence-electron chi connectivity index (χ0n) is 16.2. The Morgan fingerprint density at radius 3 is 2.56 bits per heavy atom. The van der Waals surface area contributed by atoms with Crippen LogP contribution in [0.15, 0.2) is 41.6 Å². The zero-order chi connectivity index (χ0) is 18.9. The van der Waals surface area contributed by atoms with Gasteiger partial charge in [0.15, 0.2) is 5.82 Å². The van der Waals surface area contributed by atoms with Crippen molar-refractivity contribution in [3.8, 4) is 5.75 Å². The van der Waals surface area contributed by atoms with Crippen LogP contribution >= 0.6 is 0 Å². The van der Waals surface area contributed by atoms with Gasteiger partial charge in [-0.2, -0.15) is 5.10 Å². The van der Waals surface area contributed by atoms with Gasteiger partial charge in [-0.15, -0.1) is 5.10 Å². The van der Waals surface area contributed by atoms with Crippen molar-refractivity contribution in [2.24, 2.45) is 11.1 Å². The molecule has 1 aliphatic rings. The summed E-state index contributed by atoms with van der Waals surface area (Å²) in [5.74, 6) is 2.68. The molecule has 2 aromatic rings. The molecule has 1 aromatic carbocycles. The molecule has 0 N–H and O–H groups in total. The highest BCUT2D eigenvalue weighted by Gasteiger charge is 2.20. The van der Waals surface area contributed by atoms with Crippen LogP contribution in [0.25, 0.3) is 0 Å². The Morgan fingerprint density at radius 2 is 1.89 bits per heavy atom. The summed E-state index contributed by atoms with van der Waals surface area (Å²) in [6.45, 7) is 4.85. The number of ether oxygens (including phenoxy) is 1. The van der Waals surface area contributed by atoms with Gasteiger partial charge in [0.2, 0.25) is 0 Å². The number of benzene rings is 1. The van der Waals surface area contributed by atoms with Crippen molar-refractivity contribution in [3.05, 3.63) is 47.7 Å². The highest BCUT2D eigenvalue weighted by molar-refractivity contribution is 5.79. The Kier molecular flexibility index (Phi) is 7.02. The minimum absolute atomic E-state index is 0.759. The van der Waals surface area contributed by atoms with Crippen molar-refractivity contribution in [1.82, 2.24) is 10.2 Å². The lowest BCUT2D eigenvalue weighted by molar-refractivity contribution is 0.215. The standard InChI is InChI=1S/C21H28N4O2/c1-17-5-10-21(24-23-17)25-13-11-18(12-14-25)4-3-15-27-20-8-6-19(7-9-20)16-22-26-2/h5-10,16,18H,3-4,11-15H2,1-2H3. The highest BCUT2D eigenvalue weighted by atomic mass is 16.6. The number of hydrogen-bond donors (Lipinski definition) is 0. The number of oxime groups is 1. The lowest BCUT2D eigenvalue weighted by Crippen LogP contribution is -2.34. The number of aryl methyl sites for hydroxylation is 1. The predicted molar refractivity (Wildman–Crippen MR) is 107 cm³/mol. The normalized spacial score (nSPS) is 15.3. The van der Waals surface area contributed by atoms with Crippen LogP contribution in [0.4, 0.5) is 5.82 Å². The van der Waals surface area contributed by atoms with E-state index in [2.05, 4.69) is 31.2 Å². The van der Waals surface area contributed by atoms with Gasteiger partial charge in [0.25, 0.3) is 0 Å². The molecular formula is C21H28N4O2. The molecule has 1 fully saturated rings. The van der Waals surface area contributed by atoms with Gasteiger partial charge in [0.1, 0.15) is 12.9 Å². The number of nitrogens with zero attached hydrogens (tertiary/aromatic N) is 4. The van der Waals surface area contributed by atoms with Gasteiger partial charge in [0.05, 0.1) is 18.5 Å². The summed E-state index contributed by atoms with van der Waals surface area (Å²) in [5.41, 5.74) is 1.96. The molecule has 0 atom stereocenters. The fraction of sp³-hybridized carbons (Fsp3) is 0.476. The first kappa shape index (κ1) is 19.1. The molecule has 0 bridgehead atoms. The molecule has 144 valence electrons. The Bertz CT molecular complexity index is 708. The van der Waals surface area contributed by atoms with Crippen LogP contribution in [0.5, 0.6) is 5.75 Å². The third kappa shape index (κ3) is 5.94. The van der Waals surface area contributed by atoms with Gasteiger partial charge >= 0.3 is 0 Å². The van der Waals surface area contributed by atoms with Crippen LogP contribution in [-0.2, 0) is 4.84 Å². The van der Waals surface area contributed by atoms with E-state index in [1.54, 1.807) is 6.21 Å². The first-order chi connectivity index (χ1) is 13.2. The molecule has 0 saturated carbocycles. The maximum Gasteiger partial charge on any atom is 0.151 e. The van der Waals surface area contributed by atoms with Crippen LogP contribution < -0.4 is 9.64 Å². The lowest BCUT2D eigenvalue weighted by Gasteiger charge is -2.32. The van der Waals surface area contributed by atoms with Gasteiger partial charge in [-0.25, -0.2) is 0 Å². The zero-order valence-corrected chi connectivity index (χ0v) is 16.2. The molecule has 0 amide bonds. The van der Waals surface area contributed by atoms with E-state index in [1.807, 2.05) is 37.3 Å². The lowest BCUT2D eigenvalue weighted by atomic mass is 9.92. The second kappa shape index (κ2) is 9.90. The number of hydrogen-bond acceptors (Lipinski definition) is 6. The number of anilines is 1. The van der Waals surface area contributed by atoms with E-state index in [0.29, 0.717) is 0 Å². The van der Waals surface area contributed by atoms with Crippen molar-refractivity contribution in [2.45, 2.75) is 32.6 Å². The fourth-order valence-electron chi connectivity index (χ4n) is 3.34. The minimum Gasteiger partial charge on any atom is -0.494 e. The molecule has 0 unspecified atom stereocenters. The molecule has 6 heteroatoms. The average molecular weight is 368 g/mol. The van der Waals surface area contributed by atoms with Crippen LogP contribution in [0, 0.1) is 12.8 Å². The largest absolute Gasteiger partial charge is 0.494 e. The quantitative estimate of drug-likeness (QED) is 0.402. The Labute approximate surface area is 161 Å². The average Bonchev–Trinajstić information content (AvgIpc) is 2.72. The summed E-state index contributed by atoms with van der Waals surface area (Å²) in [7, 11) is 1.54. The molecule has 3 rings (SSSR count). The summed E-state index contributed by atoms with van der Waals surface area (Å²) >= 11 is 0. The molecule has 1 aliphatic heterocycles. The molecule has 1 saturated heterocycles. The Morgan fingerprint density at radius 1 is 1.11 bits per heavy atom. The molecular weight excluding hydrogens is 340 g/mol. The van der Waals surface area contributed by atoms with Crippen LogP contribution in [0.3, 0.4) is 0 Å². The molecule has 1 aromatic heterocycles. The van der Waals surface area contributed by atoms with Crippen LogP contribution in [-0.4, -0.2) is 43.2 Å². The predicted octanol–water partition coefficient (Wildman–Crippen LogP) is 3.84. The molecule has 0 aliphatic carbocycles. The van der Waals surface area contributed by atoms with Crippen LogP contribution in [0.1, 0.15) is 36.9 Å². The number of piperidine rings is 1. The second-order valence-corrected chi connectivity index (χ2v) is 6.94. The maximum atomic E-state index is 5.85. The highest BCUT2D eigenvalue weighted by Crippen LogP contribution is 2.25. The fourth-order valence-corrected chi connectivity index (χ4v) is 3.34. The Balaban J connectivity index is 1.33. The molecule has 0 radical (unpaired) electrons. The smallest absolute Gasteiger partial charge is 0.151 e. The number of rotatable bonds is 8. The van der Waals surface area contributed by atoms with E-state index < -0.39 is 0 Å². The summed E-state index contributed by atoms with van der Waals surface area (Å²) in [4.78, 5) is 7.02. The Hall–Kier alpha value is -2.63. The second-order valence-electron chi connectivity index (χ2n) is 6.94. The third-order valence-electron chi connectivity index (χ3n) is 4.94. The van der Waals surface area contributed by atoms with Crippen molar-refractivity contribution in [1.29, 1.82) is 0 Å². The maximum absolute atomic E-state index is 5.85. The van der Waals surface area contributed by atoms with Gasteiger partial charge in [-0.05, 0) is 80.5 Å². The van der Waals surface area contributed by atoms with Crippen molar-refractivity contribution >= 4 is 12.0 Å². The molecule has 0 spiro atoms. The summed E-state index contributed by atoms with van der Waals surface area (Å²) in [5, 5.41) is 12.2.